The third-order valence-electron chi connectivity index (χ3n) is 4.79. The van der Waals surface area contributed by atoms with Crippen molar-refractivity contribution < 1.29 is 9.90 Å². The van der Waals surface area contributed by atoms with Gasteiger partial charge in [-0.2, -0.15) is 0 Å². The topological polar surface area (TPSA) is 49.3 Å². The molecule has 0 amide bonds. The van der Waals surface area contributed by atoms with Gasteiger partial charge in [-0.05, 0) is 29.7 Å². The van der Waals surface area contributed by atoms with Crippen molar-refractivity contribution in [3.05, 3.63) is 35.9 Å². The van der Waals surface area contributed by atoms with E-state index in [1.165, 1.54) is 0 Å². The van der Waals surface area contributed by atoms with E-state index in [9.17, 15) is 9.90 Å². The van der Waals surface area contributed by atoms with Crippen molar-refractivity contribution in [3.63, 3.8) is 0 Å². The average Bonchev–Trinajstić information content (AvgIpc) is 2.45. The van der Waals surface area contributed by atoms with Crippen LogP contribution in [-0.2, 0) is 11.3 Å². The molecule has 0 aromatic heterocycles. The summed E-state index contributed by atoms with van der Waals surface area (Å²) in [7, 11) is 0. The molecule has 0 spiro atoms. The van der Waals surface area contributed by atoms with Crippen molar-refractivity contribution in [2.24, 2.45) is 11.3 Å². The first-order chi connectivity index (χ1) is 9.86. The van der Waals surface area contributed by atoms with Gasteiger partial charge in [0.25, 0.3) is 0 Å². The Bertz CT molecular complexity index is 478. The molecule has 2 rings (SSSR count). The van der Waals surface area contributed by atoms with Gasteiger partial charge in [-0.3, -0.25) is 10.1 Å². The molecule has 1 aliphatic carbocycles. The van der Waals surface area contributed by atoms with Crippen molar-refractivity contribution >= 4 is 5.97 Å². The van der Waals surface area contributed by atoms with Crippen molar-refractivity contribution in [1.82, 2.24) is 5.32 Å². The van der Waals surface area contributed by atoms with Gasteiger partial charge >= 0.3 is 5.97 Å². The number of nitrogens with one attached hydrogen (secondary N) is 1. The molecule has 3 heteroatoms. The summed E-state index contributed by atoms with van der Waals surface area (Å²) < 4.78 is 0. The summed E-state index contributed by atoms with van der Waals surface area (Å²) >= 11 is 0. The Balaban J connectivity index is 2.23. The molecule has 0 bridgehead atoms. The van der Waals surface area contributed by atoms with Gasteiger partial charge in [-0.25, -0.2) is 0 Å². The Morgan fingerprint density at radius 2 is 1.95 bits per heavy atom. The summed E-state index contributed by atoms with van der Waals surface area (Å²) in [6.45, 7) is 7.08. The van der Waals surface area contributed by atoms with Crippen LogP contribution in [-0.4, -0.2) is 16.6 Å². The quantitative estimate of drug-likeness (QED) is 0.885. The monoisotopic (exact) mass is 289 g/mol. The molecule has 3 nitrogen and oxygen atoms in total. The van der Waals surface area contributed by atoms with Gasteiger partial charge in [-0.1, -0.05) is 63.9 Å². The number of aliphatic carboxylic acids is 1. The second kappa shape index (κ2) is 6.18. The van der Waals surface area contributed by atoms with Gasteiger partial charge in [0.2, 0.25) is 0 Å². The fourth-order valence-corrected chi connectivity index (χ4v) is 3.74. The third kappa shape index (κ3) is 3.46. The van der Waals surface area contributed by atoms with Gasteiger partial charge < -0.3 is 5.11 Å². The molecule has 1 saturated carbocycles. The standard InChI is InChI=1S/C18H27NO2/c1-17(2,3)15-11-7-8-12-18(15,16(20)21)19-13-14-9-5-4-6-10-14/h4-6,9-10,15,19H,7-8,11-13H2,1-3H3,(H,20,21). The van der Waals surface area contributed by atoms with Crippen LogP contribution in [0.15, 0.2) is 30.3 Å². The van der Waals surface area contributed by atoms with Gasteiger partial charge in [0, 0.05) is 6.54 Å². The average molecular weight is 289 g/mol. The van der Waals surface area contributed by atoms with Crippen LogP contribution in [0.2, 0.25) is 0 Å². The van der Waals surface area contributed by atoms with Crippen LogP contribution in [0.1, 0.15) is 52.0 Å². The fourth-order valence-electron chi connectivity index (χ4n) is 3.74. The van der Waals surface area contributed by atoms with Gasteiger partial charge in [0.15, 0.2) is 0 Å². The first-order valence-corrected chi connectivity index (χ1v) is 7.88. The molecule has 1 fully saturated rings. The number of hydrogen-bond donors (Lipinski definition) is 2. The second-order valence-electron chi connectivity index (χ2n) is 7.28. The van der Waals surface area contributed by atoms with E-state index in [4.69, 9.17) is 0 Å². The van der Waals surface area contributed by atoms with E-state index in [-0.39, 0.29) is 11.3 Å². The zero-order chi connectivity index (χ0) is 15.5. The highest BCUT2D eigenvalue weighted by atomic mass is 16.4. The number of carboxylic acids is 1. The highest BCUT2D eigenvalue weighted by molar-refractivity contribution is 5.79. The molecule has 2 N–H and O–H groups in total. The van der Waals surface area contributed by atoms with Crippen LogP contribution in [0.5, 0.6) is 0 Å². The van der Waals surface area contributed by atoms with Gasteiger partial charge in [-0.15, -0.1) is 0 Å². The lowest BCUT2D eigenvalue weighted by atomic mass is 9.62. The van der Waals surface area contributed by atoms with Crippen molar-refractivity contribution in [1.29, 1.82) is 0 Å². The Labute approximate surface area is 127 Å². The maximum atomic E-state index is 12.1. The molecule has 0 aliphatic heterocycles. The lowest BCUT2D eigenvalue weighted by molar-refractivity contribution is -0.152. The Morgan fingerprint density at radius 1 is 1.29 bits per heavy atom. The summed E-state index contributed by atoms with van der Waals surface area (Å²) in [4.78, 5) is 12.1. The fraction of sp³-hybridized carbons (Fsp3) is 0.611. The Hall–Kier alpha value is -1.35. The maximum absolute atomic E-state index is 12.1. The van der Waals surface area contributed by atoms with E-state index in [1.54, 1.807) is 0 Å². The van der Waals surface area contributed by atoms with Crippen LogP contribution in [0.3, 0.4) is 0 Å². The molecule has 1 aromatic carbocycles. The van der Waals surface area contributed by atoms with Crippen molar-refractivity contribution in [2.45, 2.75) is 58.5 Å². The van der Waals surface area contributed by atoms with E-state index in [0.717, 1.165) is 31.2 Å². The van der Waals surface area contributed by atoms with Crippen LogP contribution in [0.4, 0.5) is 0 Å². The van der Waals surface area contributed by atoms with Gasteiger partial charge in [0.05, 0.1) is 0 Å². The first-order valence-electron chi connectivity index (χ1n) is 7.88. The van der Waals surface area contributed by atoms with E-state index in [1.807, 2.05) is 30.3 Å². The Morgan fingerprint density at radius 3 is 2.52 bits per heavy atom. The third-order valence-corrected chi connectivity index (χ3v) is 4.79. The summed E-state index contributed by atoms with van der Waals surface area (Å²) in [6, 6.07) is 10.0. The minimum absolute atomic E-state index is 0.0114. The van der Waals surface area contributed by atoms with E-state index < -0.39 is 11.5 Å². The maximum Gasteiger partial charge on any atom is 0.324 e. The summed E-state index contributed by atoms with van der Waals surface area (Å²) in [5.41, 5.74) is 0.325. The molecule has 116 valence electrons. The summed E-state index contributed by atoms with van der Waals surface area (Å²) in [5.74, 6) is -0.544. The molecule has 2 unspecified atom stereocenters. The van der Waals surface area contributed by atoms with E-state index >= 15 is 0 Å². The zero-order valence-corrected chi connectivity index (χ0v) is 13.4. The predicted molar refractivity (Wildman–Crippen MR) is 85.1 cm³/mol. The van der Waals surface area contributed by atoms with Crippen LogP contribution in [0.25, 0.3) is 0 Å². The van der Waals surface area contributed by atoms with Crippen molar-refractivity contribution in [3.8, 4) is 0 Å². The first kappa shape index (κ1) is 16.0. The highest BCUT2D eigenvalue weighted by Crippen LogP contribution is 2.44. The smallest absolute Gasteiger partial charge is 0.324 e. The predicted octanol–water partition coefficient (Wildman–Crippen LogP) is 3.84. The molecule has 0 radical (unpaired) electrons. The van der Waals surface area contributed by atoms with Gasteiger partial charge in [0.1, 0.15) is 5.54 Å². The molecule has 21 heavy (non-hydrogen) atoms. The minimum Gasteiger partial charge on any atom is -0.480 e. The number of benzene rings is 1. The normalized spacial score (nSPS) is 26.5. The summed E-state index contributed by atoms with van der Waals surface area (Å²) in [6.07, 6.45) is 3.82. The van der Waals surface area contributed by atoms with E-state index in [2.05, 4.69) is 26.1 Å². The number of rotatable bonds is 4. The number of hydrogen-bond acceptors (Lipinski definition) is 2. The molecular formula is C18H27NO2. The lowest BCUT2D eigenvalue weighted by Gasteiger charge is -2.48. The Kier molecular flexibility index (Phi) is 4.72. The molecule has 0 heterocycles. The zero-order valence-electron chi connectivity index (χ0n) is 13.4. The second-order valence-corrected chi connectivity index (χ2v) is 7.28. The number of carboxylic acid groups (broad SMARTS) is 1. The van der Waals surface area contributed by atoms with Crippen molar-refractivity contribution in [2.75, 3.05) is 0 Å². The van der Waals surface area contributed by atoms with Crippen LogP contribution in [0, 0.1) is 11.3 Å². The SMILES string of the molecule is CC(C)(C)C1CCCCC1(NCc1ccccc1)C(=O)O. The van der Waals surface area contributed by atoms with Crippen LogP contribution >= 0.6 is 0 Å². The molecular weight excluding hydrogens is 262 g/mol. The summed E-state index contributed by atoms with van der Waals surface area (Å²) in [5, 5.41) is 13.3. The molecule has 0 saturated heterocycles. The number of carbonyl (C=O) groups is 1. The van der Waals surface area contributed by atoms with E-state index in [0.29, 0.717) is 6.54 Å². The highest BCUT2D eigenvalue weighted by Gasteiger charge is 2.51. The molecule has 1 aromatic rings. The lowest BCUT2D eigenvalue weighted by Crippen LogP contribution is -2.61. The largest absolute Gasteiger partial charge is 0.480 e. The molecule has 2 atom stereocenters. The van der Waals surface area contributed by atoms with Crippen LogP contribution < -0.4 is 5.32 Å². The minimum atomic E-state index is -0.799. The molecule has 1 aliphatic rings.